The van der Waals surface area contributed by atoms with Crippen molar-refractivity contribution in [2.24, 2.45) is 0 Å². The van der Waals surface area contributed by atoms with Crippen LogP contribution in [0.2, 0.25) is 0 Å². The fourth-order valence-corrected chi connectivity index (χ4v) is 2.05. The van der Waals surface area contributed by atoms with Gasteiger partial charge in [-0.3, -0.25) is 4.79 Å². The van der Waals surface area contributed by atoms with Crippen LogP contribution in [0.5, 0.6) is 5.75 Å². The molecule has 5 heteroatoms. The molecular formula is C16H17BrN2O2. The minimum absolute atomic E-state index is 0.0234. The van der Waals surface area contributed by atoms with Crippen LogP contribution in [0, 0.1) is 0 Å². The van der Waals surface area contributed by atoms with Crippen LogP contribution in [0.4, 0.5) is 11.4 Å². The standard InChI is InChI=1S/C16H17BrN2O2/c1-21-15-8-6-14(7-9-15)19-16(20)10-11-18-13-4-2-12(17)3-5-13/h2-9,18H,10-11H2,1H3,(H,19,20). The van der Waals surface area contributed by atoms with E-state index in [1.807, 2.05) is 48.5 Å². The van der Waals surface area contributed by atoms with E-state index in [9.17, 15) is 4.79 Å². The van der Waals surface area contributed by atoms with E-state index < -0.39 is 0 Å². The third-order valence-corrected chi connectivity index (χ3v) is 3.43. The third-order valence-electron chi connectivity index (χ3n) is 2.90. The molecule has 21 heavy (non-hydrogen) atoms. The fourth-order valence-electron chi connectivity index (χ4n) is 1.79. The zero-order chi connectivity index (χ0) is 15.1. The molecule has 2 aromatic carbocycles. The van der Waals surface area contributed by atoms with E-state index in [2.05, 4.69) is 26.6 Å². The molecule has 0 atom stereocenters. The summed E-state index contributed by atoms with van der Waals surface area (Å²) in [6.45, 7) is 0.587. The van der Waals surface area contributed by atoms with Crippen LogP contribution in [-0.4, -0.2) is 19.6 Å². The fraction of sp³-hybridized carbons (Fsp3) is 0.188. The first-order valence-corrected chi connectivity index (χ1v) is 7.40. The van der Waals surface area contributed by atoms with Crippen molar-refractivity contribution in [1.82, 2.24) is 0 Å². The van der Waals surface area contributed by atoms with Crippen molar-refractivity contribution in [2.45, 2.75) is 6.42 Å². The highest BCUT2D eigenvalue weighted by atomic mass is 79.9. The molecular weight excluding hydrogens is 332 g/mol. The summed E-state index contributed by atoms with van der Waals surface area (Å²) in [6.07, 6.45) is 0.405. The number of ether oxygens (including phenoxy) is 1. The molecule has 2 aromatic rings. The molecule has 110 valence electrons. The van der Waals surface area contributed by atoms with E-state index in [1.165, 1.54) is 0 Å². The number of anilines is 2. The van der Waals surface area contributed by atoms with Crippen molar-refractivity contribution in [3.8, 4) is 5.75 Å². The van der Waals surface area contributed by atoms with Gasteiger partial charge in [0, 0.05) is 28.8 Å². The number of nitrogens with one attached hydrogen (secondary N) is 2. The number of carbonyl (C=O) groups is 1. The molecule has 0 aliphatic heterocycles. The van der Waals surface area contributed by atoms with E-state index in [0.29, 0.717) is 13.0 Å². The van der Waals surface area contributed by atoms with Gasteiger partial charge in [0.2, 0.25) is 5.91 Å². The minimum Gasteiger partial charge on any atom is -0.497 e. The summed E-state index contributed by atoms with van der Waals surface area (Å²) < 4.78 is 6.10. The summed E-state index contributed by atoms with van der Waals surface area (Å²) in [5.41, 5.74) is 1.76. The van der Waals surface area contributed by atoms with Gasteiger partial charge in [0.15, 0.2) is 0 Å². The maximum atomic E-state index is 11.8. The van der Waals surface area contributed by atoms with E-state index in [-0.39, 0.29) is 5.91 Å². The van der Waals surface area contributed by atoms with Gasteiger partial charge in [-0.05, 0) is 48.5 Å². The topological polar surface area (TPSA) is 50.4 Å². The Balaban J connectivity index is 1.75. The van der Waals surface area contributed by atoms with Crippen molar-refractivity contribution in [3.05, 3.63) is 53.0 Å². The lowest BCUT2D eigenvalue weighted by atomic mass is 10.3. The van der Waals surface area contributed by atoms with Crippen LogP contribution in [0.1, 0.15) is 6.42 Å². The molecule has 0 spiro atoms. The first-order chi connectivity index (χ1) is 10.2. The molecule has 2 rings (SSSR count). The molecule has 0 unspecified atom stereocenters. The third kappa shape index (κ3) is 5.11. The van der Waals surface area contributed by atoms with Crippen molar-refractivity contribution in [1.29, 1.82) is 0 Å². The largest absolute Gasteiger partial charge is 0.497 e. The highest BCUT2D eigenvalue weighted by Crippen LogP contribution is 2.16. The Morgan fingerprint density at radius 3 is 2.29 bits per heavy atom. The molecule has 0 bridgehead atoms. The zero-order valence-corrected chi connectivity index (χ0v) is 13.3. The number of benzene rings is 2. The number of rotatable bonds is 6. The molecule has 0 heterocycles. The van der Waals surface area contributed by atoms with Crippen LogP contribution >= 0.6 is 15.9 Å². The Labute approximate surface area is 132 Å². The lowest BCUT2D eigenvalue weighted by molar-refractivity contribution is -0.115. The summed E-state index contributed by atoms with van der Waals surface area (Å²) in [4.78, 5) is 11.8. The summed E-state index contributed by atoms with van der Waals surface area (Å²) in [6, 6.07) is 15.1. The smallest absolute Gasteiger partial charge is 0.226 e. The molecule has 0 aliphatic rings. The van der Waals surface area contributed by atoms with Crippen molar-refractivity contribution in [2.75, 3.05) is 24.3 Å². The highest BCUT2D eigenvalue weighted by Gasteiger charge is 2.02. The Morgan fingerprint density at radius 2 is 1.67 bits per heavy atom. The Morgan fingerprint density at radius 1 is 1.05 bits per heavy atom. The molecule has 1 amide bonds. The molecule has 0 aromatic heterocycles. The van der Waals surface area contributed by atoms with Crippen LogP contribution in [-0.2, 0) is 4.79 Å². The molecule has 2 N–H and O–H groups in total. The van der Waals surface area contributed by atoms with Gasteiger partial charge in [0.25, 0.3) is 0 Å². The number of methoxy groups -OCH3 is 1. The van der Waals surface area contributed by atoms with E-state index >= 15 is 0 Å². The van der Waals surface area contributed by atoms with Gasteiger partial charge in [-0.25, -0.2) is 0 Å². The molecule has 4 nitrogen and oxygen atoms in total. The summed E-state index contributed by atoms with van der Waals surface area (Å²) in [5.74, 6) is 0.745. The van der Waals surface area contributed by atoms with E-state index in [1.54, 1.807) is 7.11 Å². The van der Waals surface area contributed by atoms with Crippen LogP contribution in [0.15, 0.2) is 53.0 Å². The Kier molecular flexibility index (Phi) is 5.63. The van der Waals surface area contributed by atoms with Crippen LogP contribution in [0.3, 0.4) is 0 Å². The predicted octanol–water partition coefficient (Wildman–Crippen LogP) is 3.90. The Hall–Kier alpha value is -2.01. The lowest BCUT2D eigenvalue weighted by Crippen LogP contribution is -2.16. The second-order valence-electron chi connectivity index (χ2n) is 4.46. The normalized spacial score (nSPS) is 10.0. The van der Waals surface area contributed by atoms with Crippen LogP contribution < -0.4 is 15.4 Å². The van der Waals surface area contributed by atoms with Crippen LogP contribution in [0.25, 0.3) is 0 Å². The molecule has 0 fully saturated rings. The number of halogens is 1. The molecule has 0 saturated heterocycles. The maximum absolute atomic E-state index is 11.8. The second-order valence-corrected chi connectivity index (χ2v) is 5.38. The lowest BCUT2D eigenvalue weighted by Gasteiger charge is -2.08. The monoisotopic (exact) mass is 348 g/mol. The van der Waals surface area contributed by atoms with Gasteiger partial charge in [-0.15, -0.1) is 0 Å². The number of amides is 1. The SMILES string of the molecule is COc1ccc(NC(=O)CCNc2ccc(Br)cc2)cc1. The summed E-state index contributed by atoms with van der Waals surface area (Å²) in [7, 11) is 1.61. The summed E-state index contributed by atoms with van der Waals surface area (Å²) >= 11 is 3.38. The predicted molar refractivity (Wildman–Crippen MR) is 88.9 cm³/mol. The van der Waals surface area contributed by atoms with Gasteiger partial charge in [-0.1, -0.05) is 15.9 Å². The van der Waals surface area contributed by atoms with Gasteiger partial charge in [0.1, 0.15) is 5.75 Å². The Bertz CT molecular complexity index is 582. The number of carbonyl (C=O) groups excluding carboxylic acids is 1. The first-order valence-electron chi connectivity index (χ1n) is 6.61. The number of hydrogen-bond donors (Lipinski definition) is 2. The maximum Gasteiger partial charge on any atom is 0.226 e. The average Bonchev–Trinajstić information content (AvgIpc) is 2.50. The van der Waals surface area contributed by atoms with Gasteiger partial charge in [-0.2, -0.15) is 0 Å². The van der Waals surface area contributed by atoms with E-state index in [0.717, 1.165) is 21.6 Å². The quantitative estimate of drug-likeness (QED) is 0.832. The average molecular weight is 349 g/mol. The van der Waals surface area contributed by atoms with Crippen molar-refractivity contribution < 1.29 is 9.53 Å². The molecule has 0 radical (unpaired) electrons. The highest BCUT2D eigenvalue weighted by molar-refractivity contribution is 9.10. The minimum atomic E-state index is -0.0234. The summed E-state index contributed by atoms with van der Waals surface area (Å²) in [5, 5.41) is 6.05. The van der Waals surface area contributed by atoms with Crippen molar-refractivity contribution in [3.63, 3.8) is 0 Å². The van der Waals surface area contributed by atoms with Gasteiger partial charge < -0.3 is 15.4 Å². The molecule has 0 saturated carbocycles. The first kappa shape index (κ1) is 15.4. The second kappa shape index (κ2) is 7.69. The van der Waals surface area contributed by atoms with E-state index in [4.69, 9.17) is 4.74 Å². The van der Waals surface area contributed by atoms with Crippen molar-refractivity contribution >= 4 is 33.2 Å². The number of hydrogen-bond acceptors (Lipinski definition) is 3. The van der Waals surface area contributed by atoms with Gasteiger partial charge >= 0.3 is 0 Å². The van der Waals surface area contributed by atoms with Gasteiger partial charge in [0.05, 0.1) is 7.11 Å². The zero-order valence-electron chi connectivity index (χ0n) is 11.7. The molecule has 0 aliphatic carbocycles.